The number of rotatable bonds is 4. The average Bonchev–Trinajstić information content (AvgIpc) is 2.83. The summed E-state index contributed by atoms with van der Waals surface area (Å²) in [5.41, 5.74) is 5.14. The fourth-order valence-corrected chi connectivity index (χ4v) is 2.78. The quantitative estimate of drug-likeness (QED) is 0.658. The minimum absolute atomic E-state index is 0.0379. The molecule has 0 saturated heterocycles. The SMILES string of the molecule is NC1=NC(Cc2ccccc2)(c2ccccc2[N+](=O)[O-])C(=O)N1. The molecule has 0 aliphatic carbocycles. The smallest absolute Gasteiger partial charge is 0.275 e. The van der Waals surface area contributed by atoms with E-state index in [2.05, 4.69) is 10.3 Å². The summed E-state index contributed by atoms with van der Waals surface area (Å²) in [6.07, 6.45) is 0.186. The zero-order valence-electron chi connectivity index (χ0n) is 12.1. The highest BCUT2D eigenvalue weighted by Gasteiger charge is 2.48. The van der Waals surface area contributed by atoms with Gasteiger partial charge in [-0.25, -0.2) is 4.99 Å². The molecule has 1 unspecified atom stereocenters. The number of carbonyl (C=O) groups excluding carboxylic acids is 1. The molecule has 0 bridgehead atoms. The van der Waals surface area contributed by atoms with Crippen LogP contribution >= 0.6 is 0 Å². The van der Waals surface area contributed by atoms with Crippen LogP contribution < -0.4 is 11.1 Å². The van der Waals surface area contributed by atoms with Crippen molar-refractivity contribution < 1.29 is 9.72 Å². The molecule has 0 fully saturated rings. The topological polar surface area (TPSA) is 111 Å². The lowest BCUT2D eigenvalue weighted by atomic mass is 9.83. The molecular formula is C16H14N4O3. The molecule has 0 radical (unpaired) electrons. The predicted molar refractivity (Wildman–Crippen MR) is 84.7 cm³/mol. The van der Waals surface area contributed by atoms with Crippen LogP contribution in [0.1, 0.15) is 11.1 Å². The lowest BCUT2D eigenvalue weighted by Crippen LogP contribution is -2.40. The molecule has 0 aromatic heterocycles. The molecule has 7 heteroatoms. The van der Waals surface area contributed by atoms with Crippen molar-refractivity contribution in [2.75, 3.05) is 0 Å². The Balaban J connectivity index is 2.18. The van der Waals surface area contributed by atoms with E-state index in [0.29, 0.717) is 0 Å². The zero-order chi connectivity index (χ0) is 16.4. The maximum absolute atomic E-state index is 12.6. The van der Waals surface area contributed by atoms with Crippen molar-refractivity contribution in [3.8, 4) is 0 Å². The van der Waals surface area contributed by atoms with E-state index in [1.165, 1.54) is 6.07 Å². The molecule has 1 aliphatic rings. The molecule has 2 aromatic carbocycles. The van der Waals surface area contributed by atoms with Crippen LogP contribution in [0.2, 0.25) is 0 Å². The number of nitrogens with two attached hydrogens (primary N) is 1. The number of guanidine groups is 1. The molecule has 1 heterocycles. The number of para-hydroxylation sites is 1. The molecular weight excluding hydrogens is 296 g/mol. The van der Waals surface area contributed by atoms with Crippen LogP contribution in [0.5, 0.6) is 0 Å². The van der Waals surface area contributed by atoms with Crippen LogP contribution in [0.3, 0.4) is 0 Å². The third-order valence-electron chi connectivity index (χ3n) is 3.78. The van der Waals surface area contributed by atoms with Gasteiger partial charge < -0.3 is 5.73 Å². The van der Waals surface area contributed by atoms with Gasteiger partial charge in [0.2, 0.25) is 0 Å². The van der Waals surface area contributed by atoms with Crippen LogP contribution in [-0.4, -0.2) is 16.8 Å². The zero-order valence-corrected chi connectivity index (χ0v) is 12.1. The number of aliphatic imine (C=N–C) groups is 1. The van der Waals surface area contributed by atoms with Crippen molar-refractivity contribution in [1.82, 2.24) is 5.32 Å². The van der Waals surface area contributed by atoms with E-state index < -0.39 is 16.4 Å². The number of nitro benzene ring substituents is 1. The number of nitrogens with zero attached hydrogens (tertiary/aromatic N) is 2. The van der Waals surface area contributed by atoms with E-state index in [-0.39, 0.29) is 23.6 Å². The minimum atomic E-state index is -1.44. The van der Waals surface area contributed by atoms with Gasteiger partial charge >= 0.3 is 0 Å². The number of carbonyl (C=O) groups is 1. The first-order valence-electron chi connectivity index (χ1n) is 6.97. The van der Waals surface area contributed by atoms with Crippen molar-refractivity contribution in [2.45, 2.75) is 12.0 Å². The summed E-state index contributed by atoms with van der Waals surface area (Å²) < 4.78 is 0. The van der Waals surface area contributed by atoms with Crippen molar-refractivity contribution in [3.63, 3.8) is 0 Å². The molecule has 0 spiro atoms. The second kappa shape index (κ2) is 5.53. The van der Waals surface area contributed by atoms with Crippen LogP contribution in [0.4, 0.5) is 5.69 Å². The van der Waals surface area contributed by atoms with Crippen molar-refractivity contribution in [2.24, 2.45) is 10.7 Å². The van der Waals surface area contributed by atoms with E-state index in [1.54, 1.807) is 18.2 Å². The summed E-state index contributed by atoms with van der Waals surface area (Å²) in [7, 11) is 0. The van der Waals surface area contributed by atoms with Gasteiger partial charge in [0, 0.05) is 12.5 Å². The minimum Gasteiger partial charge on any atom is -0.370 e. The van der Waals surface area contributed by atoms with Crippen LogP contribution in [0.25, 0.3) is 0 Å². The van der Waals surface area contributed by atoms with Gasteiger partial charge in [-0.1, -0.05) is 42.5 Å². The Kier molecular flexibility index (Phi) is 3.53. The Bertz CT molecular complexity index is 804. The standard InChI is InChI=1S/C16H14N4O3/c17-15-18-14(21)16(19-15,10-11-6-2-1-3-7-11)12-8-4-5-9-13(12)20(22)23/h1-9H,10H2,(H3,17,18,19,21). The summed E-state index contributed by atoms with van der Waals surface area (Å²) >= 11 is 0. The van der Waals surface area contributed by atoms with Crippen LogP contribution in [-0.2, 0) is 16.8 Å². The van der Waals surface area contributed by atoms with E-state index >= 15 is 0 Å². The number of nitro groups is 1. The van der Waals surface area contributed by atoms with Gasteiger partial charge in [-0.2, -0.15) is 0 Å². The molecule has 23 heavy (non-hydrogen) atoms. The maximum atomic E-state index is 12.6. The van der Waals surface area contributed by atoms with Gasteiger partial charge in [-0.15, -0.1) is 0 Å². The summed E-state index contributed by atoms with van der Waals surface area (Å²) in [5.74, 6) is -0.503. The molecule has 2 aromatic rings. The van der Waals surface area contributed by atoms with Crippen molar-refractivity contribution in [1.29, 1.82) is 0 Å². The number of benzene rings is 2. The fraction of sp³-hybridized carbons (Fsp3) is 0.125. The third-order valence-corrected chi connectivity index (χ3v) is 3.78. The highest BCUT2D eigenvalue weighted by atomic mass is 16.6. The summed E-state index contributed by atoms with van der Waals surface area (Å²) in [6.45, 7) is 0. The van der Waals surface area contributed by atoms with Crippen molar-refractivity contribution >= 4 is 17.6 Å². The lowest BCUT2D eigenvalue weighted by Gasteiger charge is -2.23. The van der Waals surface area contributed by atoms with Gasteiger partial charge in [0.15, 0.2) is 11.5 Å². The third kappa shape index (κ3) is 2.52. The molecule has 3 rings (SSSR count). The Labute approximate surface area is 132 Å². The Morgan fingerprint density at radius 2 is 1.78 bits per heavy atom. The molecule has 116 valence electrons. The molecule has 3 N–H and O–H groups in total. The molecule has 7 nitrogen and oxygen atoms in total. The van der Waals surface area contributed by atoms with Crippen LogP contribution in [0.15, 0.2) is 59.6 Å². The number of hydrogen-bond acceptors (Lipinski definition) is 5. The fourth-order valence-electron chi connectivity index (χ4n) is 2.78. The van der Waals surface area contributed by atoms with Gasteiger partial charge in [0.1, 0.15) is 0 Å². The first-order valence-corrected chi connectivity index (χ1v) is 6.97. The Hall–Kier alpha value is -3.22. The number of hydrogen-bond donors (Lipinski definition) is 2. The van der Waals surface area contributed by atoms with E-state index in [9.17, 15) is 14.9 Å². The molecule has 1 atom stereocenters. The van der Waals surface area contributed by atoms with Gasteiger partial charge in [-0.05, 0) is 11.6 Å². The molecule has 1 aliphatic heterocycles. The van der Waals surface area contributed by atoms with Crippen molar-refractivity contribution in [3.05, 3.63) is 75.8 Å². The monoisotopic (exact) mass is 310 g/mol. The first kappa shape index (κ1) is 14.7. The average molecular weight is 310 g/mol. The summed E-state index contributed by atoms with van der Waals surface area (Å²) in [6, 6.07) is 15.3. The van der Waals surface area contributed by atoms with Crippen LogP contribution in [0, 0.1) is 10.1 Å². The summed E-state index contributed by atoms with van der Waals surface area (Å²) in [4.78, 5) is 27.6. The number of amides is 1. The van der Waals surface area contributed by atoms with Gasteiger partial charge in [-0.3, -0.25) is 20.2 Å². The first-order chi connectivity index (χ1) is 11.0. The Morgan fingerprint density at radius 3 is 2.39 bits per heavy atom. The maximum Gasteiger partial charge on any atom is 0.275 e. The second-order valence-corrected chi connectivity index (χ2v) is 5.25. The van der Waals surface area contributed by atoms with E-state index in [1.807, 2.05) is 30.3 Å². The van der Waals surface area contributed by atoms with Gasteiger partial charge in [0.05, 0.1) is 10.5 Å². The highest BCUT2D eigenvalue weighted by Crippen LogP contribution is 2.38. The predicted octanol–water partition coefficient (Wildman–Crippen LogP) is 1.48. The number of nitrogens with one attached hydrogen (secondary N) is 1. The highest BCUT2D eigenvalue weighted by molar-refractivity contribution is 6.07. The van der Waals surface area contributed by atoms with E-state index in [0.717, 1.165) is 5.56 Å². The normalized spacial score (nSPS) is 20.0. The summed E-state index contributed by atoms with van der Waals surface area (Å²) in [5, 5.41) is 13.8. The largest absolute Gasteiger partial charge is 0.370 e. The van der Waals surface area contributed by atoms with Gasteiger partial charge in [0.25, 0.3) is 11.6 Å². The second-order valence-electron chi connectivity index (χ2n) is 5.25. The Morgan fingerprint density at radius 1 is 1.13 bits per heavy atom. The molecule has 0 saturated carbocycles. The van der Waals surface area contributed by atoms with E-state index in [4.69, 9.17) is 5.73 Å². The lowest BCUT2D eigenvalue weighted by molar-refractivity contribution is -0.386. The molecule has 1 amide bonds.